The molecule has 2 aromatic carbocycles. The lowest BCUT2D eigenvalue weighted by Gasteiger charge is -2.17. The van der Waals surface area contributed by atoms with Crippen LogP contribution >= 0.6 is 15.9 Å². The molecule has 1 saturated heterocycles. The highest BCUT2D eigenvalue weighted by molar-refractivity contribution is 9.10. The Balaban J connectivity index is 1.61. The molecule has 2 aromatic rings. The summed E-state index contributed by atoms with van der Waals surface area (Å²) >= 11 is 3.39. The van der Waals surface area contributed by atoms with E-state index in [1.165, 1.54) is 0 Å². The molecule has 3 rings (SSSR count). The van der Waals surface area contributed by atoms with Crippen LogP contribution in [0.3, 0.4) is 0 Å². The van der Waals surface area contributed by atoms with Crippen LogP contribution in [0.5, 0.6) is 0 Å². The minimum absolute atomic E-state index is 0.0513. The van der Waals surface area contributed by atoms with E-state index in [4.69, 9.17) is 0 Å². The van der Waals surface area contributed by atoms with Gasteiger partial charge in [-0.2, -0.15) is 0 Å². The van der Waals surface area contributed by atoms with Gasteiger partial charge in [0, 0.05) is 34.5 Å². The van der Waals surface area contributed by atoms with Crippen LogP contribution in [0.2, 0.25) is 0 Å². The molecule has 0 aromatic heterocycles. The Morgan fingerprint density at radius 2 is 1.86 bits per heavy atom. The number of rotatable bonds is 7. The van der Waals surface area contributed by atoms with E-state index in [0.29, 0.717) is 24.3 Å². The molecule has 1 heterocycles. The van der Waals surface area contributed by atoms with E-state index >= 15 is 0 Å². The number of hydrogen-bond donors (Lipinski definition) is 2. The second kappa shape index (κ2) is 8.96. The van der Waals surface area contributed by atoms with E-state index in [1.807, 2.05) is 24.3 Å². The molecule has 2 amide bonds. The smallest absolute Gasteiger partial charge is 0.232 e. The van der Waals surface area contributed by atoms with E-state index in [9.17, 15) is 18.0 Å². The average Bonchev–Trinajstić information content (AvgIpc) is 3.05. The molecule has 0 radical (unpaired) electrons. The third-order valence-electron chi connectivity index (χ3n) is 4.51. The van der Waals surface area contributed by atoms with Crippen molar-refractivity contribution < 1.29 is 18.0 Å². The Kier molecular flexibility index (Phi) is 6.59. The van der Waals surface area contributed by atoms with Crippen LogP contribution in [0.4, 0.5) is 17.1 Å². The summed E-state index contributed by atoms with van der Waals surface area (Å²) in [7, 11) is -3.36. The Hall–Kier alpha value is -2.39. The number of benzene rings is 2. The van der Waals surface area contributed by atoms with Crippen LogP contribution in [0, 0.1) is 5.92 Å². The number of halogens is 1. The Morgan fingerprint density at radius 1 is 1.17 bits per heavy atom. The Labute approximate surface area is 178 Å². The largest absolute Gasteiger partial charge is 0.326 e. The van der Waals surface area contributed by atoms with Gasteiger partial charge in [0.1, 0.15) is 0 Å². The van der Waals surface area contributed by atoms with Gasteiger partial charge in [-0.05, 0) is 48.9 Å². The summed E-state index contributed by atoms with van der Waals surface area (Å²) in [6.45, 7) is 2.11. The highest BCUT2D eigenvalue weighted by Crippen LogP contribution is 2.28. The van der Waals surface area contributed by atoms with Gasteiger partial charge in [0.25, 0.3) is 0 Å². The summed E-state index contributed by atoms with van der Waals surface area (Å²) in [5.41, 5.74) is 1.73. The van der Waals surface area contributed by atoms with Crippen LogP contribution in [0.1, 0.15) is 19.8 Å². The molecule has 2 N–H and O–H groups in total. The average molecular weight is 480 g/mol. The van der Waals surface area contributed by atoms with E-state index in [2.05, 4.69) is 26.0 Å². The van der Waals surface area contributed by atoms with Gasteiger partial charge in [-0.15, -0.1) is 0 Å². The van der Waals surface area contributed by atoms with Gasteiger partial charge in [-0.3, -0.25) is 14.3 Å². The van der Waals surface area contributed by atoms with E-state index in [1.54, 1.807) is 36.1 Å². The fourth-order valence-electron chi connectivity index (χ4n) is 3.14. The minimum Gasteiger partial charge on any atom is -0.326 e. The Morgan fingerprint density at radius 3 is 2.52 bits per heavy atom. The monoisotopic (exact) mass is 479 g/mol. The number of sulfonamides is 1. The molecule has 1 unspecified atom stereocenters. The highest BCUT2D eigenvalue weighted by Gasteiger charge is 2.35. The first-order valence-corrected chi connectivity index (χ1v) is 11.7. The molecule has 0 saturated carbocycles. The number of amides is 2. The molecular weight excluding hydrogens is 458 g/mol. The first-order chi connectivity index (χ1) is 13.8. The van der Waals surface area contributed by atoms with Crippen molar-refractivity contribution in [3.05, 3.63) is 53.0 Å². The minimum atomic E-state index is -3.36. The maximum Gasteiger partial charge on any atom is 0.232 e. The first-order valence-electron chi connectivity index (χ1n) is 9.25. The van der Waals surface area contributed by atoms with Crippen LogP contribution < -0.4 is 14.9 Å². The van der Waals surface area contributed by atoms with E-state index in [0.717, 1.165) is 10.2 Å². The number of hydrogen-bond acceptors (Lipinski definition) is 4. The molecule has 1 atom stereocenters. The fraction of sp³-hybridized carbons (Fsp3) is 0.300. The molecule has 0 bridgehead atoms. The predicted octanol–water partition coefficient (Wildman–Crippen LogP) is 3.59. The van der Waals surface area contributed by atoms with Crippen molar-refractivity contribution in [2.75, 3.05) is 27.2 Å². The van der Waals surface area contributed by atoms with Gasteiger partial charge >= 0.3 is 0 Å². The molecule has 29 heavy (non-hydrogen) atoms. The summed E-state index contributed by atoms with van der Waals surface area (Å²) < 4.78 is 27.0. The standard InChI is InChI=1S/C20H22BrN3O4S/c1-2-10-29(27,28)23-17-8-6-16(7-9-17)22-20(26)14-11-19(25)24(13-14)18-5-3-4-15(21)12-18/h3-9,12,14,23H,2,10-11,13H2,1H3,(H,22,26). The van der Waals surface area contributed by atoms with Crippen LogP contribution in [-0.4, -0.2) is 32.5 Å². The molecule has 9 heteroatoms. The lowest BCUT2D eigenvalue weighted by atomic mass is 10.1. The quantitative estimate of drug-likeness (QED) is 0.633. The predicted molar refractivity (Wildman–Crippen MR) is 117 cm³/mol. The van der Waals surface area contributed by atoms with Gasteiger partial charge in [-0.25, -0.2) is 8.42 Å². The van der Waals surface area contributed by atoms with Crippen molar-refractivity contribution in [3.63, 3.8) is 0 Å². The maximum atomic E-state index is 12.6. The van der Waals surface area contributed by atoms with Crippen molar-refractivity contribution >= 4 is 54.8 Å². The second-order valence-corrected chi connectivity index (χ2v) is 9.63. The van der Waals surface area contributed by atoms with Gasteiger partial charge in [0.2, 0.25) is 21.8 Å². The van der Waals surface area contributed by atoms with Gasteiger partial charge in [0.15, 0.2) is 0 Å². The zero-order valence-electron chi connectivity index (χ0n) is 15.9. The molecule has 0 spiro atoms. The zero-order chi connectivity index (χ0) is 21.0. The molecule has 1 aliphatic heterocycles. The summed E-state index contributed by atoms with van der Waals surface area (Å²) in [6, 6.07) is 13.8. The molecular formula is C20H22BrN3O4S. The molecule has 1 fully saturated rings. The van der Waals surface area contributed by atoms with Gasteiger partial charge in [0.05, 0.1) is 11.7 Å². The maximum absolute atomic E-state index is 12.6. The lowest BCUT2D eigenvalue weighted by Crippen LogP contribution is -2.28. The number of nitrogens with zero attached hydrogens (tertiary/aromatic N) is 1. The van der Waals surface area contributed by atoms with Crippen LogP contribution in [0.15, 0.2) is 53.0 Å². The summed E-state index contributed by atoms with van der Waals surface area (Å²) in [6.07, 6.45) is 0.674. The van der Waals surface area contributed by atoms with Gasteiger partial charge in [-0.1, -0.05) is 28.9 Å². The fourth-order valence-corrected chi connectivity index (χ4v) is 4.66. The van der Waals surface area contributed by atoms with Gasteiger partial charge < -0.3 is 10.2 Å². The number of anilines is 3. The zero-order valence-corrected chi connectivity index (χ0v) is 18.3. The molecule has 0 aliphatic carbocycles. The van der Waals surface area contributed by atoms with E-state index in [-0.39, 0.29) is 24.0 Å². The van der Waals surface area contributed by atoms with E-state index < -0.39 is 15.9 Å². The summed E-state index contributed by atoms with van der Waals surface area (Å²) in [4.78, 5) is 26.6. The van der Waals surface area contributed by atoms with Crippen molar-refractivity contribution in [3.8, 4) is 0 Å². The second-order valence-electron chi connectivity index (χ2n) is 6.87. The van der Waals surface area contributed by atoms with Crippen molar-refractivity contribution in [2.24, 2.45) is 5.92 Å². The molecule has 7 nitrogen and oxygen atoms in total. The third kappa shape index (κ3) is 5.57. The van der Waals surface area contributed by atoms with Crippen LogP contribution in [0.25, 0.3) is 0 Å². The molecule has 154 valence electrons. The number of nitrogens with one attached hydrogen (secondary N) is 2. The summed E-state index contributed by atoms with van der Waals surface area (Å²) in [5.74, 6) is -0.737. The first kappa shape index (κ1) is 21.3. The van der Waals surface area contributed by atoms with Crippen molar-refractivity contribution in [1.82, 2.24) is 0 Å². The highest BCUT2D eigenvalue weighted by atomic mass is 79.9. The summed E-state index contributed by atoms with van der Waals surface area (Å²) in [5, 5.41) is 2.80. The topological polar surface area (TPSA) is 95.6 Å². The Bertz CT molecular complexity index is 1010. The number of carbonyl (C=O) groups is 2. The molecule has 1 aliphatic rings. The van der Waals surface area contributed by atoms with Crippen molar-refractivity contribution in [1.29, 1.82) is 0 Å². The van der Waals surface area contributed by atoms with Crippen molar-refractivity contribution in [2.45, 2.75) is 19.8 Å². The normalized spacial score (nSPS) is 16.7. The number of carbonyl (C=O) groups excluding carboxylic acids is 2. The lowest BCUT2D eigenvalue weighted by molar-refractivity contribution is -0.122. The van der Waals surface area contributed by atoms with Crippen LogP contribution in [-0.2, 0) is 19.6 Å². The third-order valence-corrected chi connectivity index (χ3v) is 6.50. The SMILES string of the molecule is CCCS(=O)(=O)Nc1ccc(NC(=O)C2CC(=O)N(c3cccc(Br)c3)C2)cc1.